The van der Waals surface area contributed by atoms with E-state index in [4.69, 9.17) is 5.11 Å². The lowest BCUT2D eigenvalue weighted by Gasteiger charge is -1.97. The molecule has 12 heavy (non-hydrogen) atoms. The van der Waals surface area contributed by atoms with E-state index in [1.54, 1.807) is 0 Å². The van der Waals surface area contributed by atoms with Crippen molar-refractivity contribution >= 4 is 21.6 Å². The van der Waals surface area contributed by atoms with E-state index >= 15 is 0 Å². The molecular formula is C6H5BrN2O3. The van der Waals surface area contributed by atoms with E-state index in [0.717, 1.165) is 12.3 Å². The van der Waals surface area contributed by atoms with Crippen LogP contribution in [0.15, 0.2) is 12.3 Å². The molecule has 1 aromatic heterocycles. The van der Waals surface area contributed by atoms with Gasteiger partial charge in [-0.25, -0.2) is 4.98 Å². The molecule has 0 unspecified atom stereocenters. The quantitative estimate of drug-likeness (QED) is 0.478. The van der Waals surface area contributed by atoms with Gasteiger partial charge in [0.2, 0.25) is 0 Å². The Morgan fingerprint density at radius 3 is 2.83 bits per heavy atom. The first kappa shape index (κ1) is 8.92. The summed E-state index contributed by atoms with van der Waals surface area (Å²) in [5.41, 5.74) is 0.179. The molecular weight excluding hydrogens is 228 g/mol. The van der Waals surface area contributed by atoms with Crippen LogP contribution in [0.3, 0.4) is 0 Å². The third-order valence-corrected chi connectivity index (χ3v) is 1.80. The van der Waals surface area contributed by atoms with E-state index in [9.17, 15) is 10.1 Å². The molecule has 1 heterocycles. The molecule has 0 bridgehead atoms. The summed E-state index contributed by atoms with van der Waals surface area (Å²) in [5.74, 6) is -0.166. The van der Waals surface area contributed by atoms with E-state index in [1.807, 2.05) is 0 Å². The van der Waals surface area contributed by atoms with Crippen molar-refractivity contribution in [1.29, 1.82) is 0 Å². The predicted octanol–water partition coefficient (Wildman–Crippen LogP) is 1.59. The van der Waals surface area contributed by atoms with Gasteiger partial charge in [-0.3, -0.25) is 10.1 Å². The molecule has 1 rings (SSSR count). The molecule has 0 fully saturated rings. The van der Waals surface area contributed by atoms with Gasteiger partial charge in [0.1, 0.15) is 11.9 Å². The molecule has 0 saturated carbocycles. The fourth-order valence-electron chi connectivity index (χ4n) is 0.674. The van der Waals surface area contributed by atoms with Gasteiger partial charge in [-0.15, -0.1) is 0 Å². The third-order valence-electron chi connectivity index (χ3n) is 1.27. The van der Waals surface area contributed by atoms with Crippen molar-refractivity contribution in [3.63, 3.8) is 0 Å². The Morgan fingerprint density at radius 1 is 1.75 bits per heavy atom. The number of halogens is 1. The molecule has 64 valence electrons. The summed E-state index contributed by atoms with van der Waals surface area (Å²) in [7, 11) is 0. The van der Waals surface area contributed by atoms with Crippen molar-refractivity contribution in [3.8, 4) is 5.75 Å². The number of hydrogen-bond acceptors (Lipinski definition) is 4. The number of aromatic nitrogens is 1. The Labute approximate surface area is 76.3 Å². The molecule has 0 aliphatic heterocycles. The molecule has 1 N–H and O–H groups in total. The molecule has 0 aliphatic carbocycles. The largest absolute Gasteiger partial charge is 0.506 e. The number of nitro groups is 1. The maximum Gasteiger partial charge on any atom is 0.291 e. The molecule has 1 aromatic rings. The monoisotopic (exact) mass is 232 g/mol. The van der Waals surface area contributed by atoms with Crippen molar-refractivity contribution in [2.24, 2.45) is 0 Å². The van der Waals surface area contributed by atoms with Gasteiger partial charge in [0.15, 0.2) is 0 Å². The van der Waals surface area contributed by atoms with Gasteiger partial charge in [0, 0.05) is 5.33 Å². The second-order valence-corrected chi connectivity index (χ2v) is 2.61. The van der Waals surface area contributed by atoms with E-state index in [-0.39, 0.29) is 11.4 Å². The Balaban J connectivity index is 3.10. The van der Waals surface area contributed by atoms with E-state index < -0.39 is 4.92 Å². The van der Waals surface area contributed by atoms with Crippen LogP contribution in [0.5, 0.6) is 5.75 Å². The molecule has 0 spiro atoms. The zero-order valence-electron chi connectivity index (χ0n) is 5.90. The van der Waals surface area contributed by atoms with Gasteiger partial charge in [0.25, 0.3) is 5.69 Å². The normalized spacial score (nSPS) is 9.75. The fraction of sp³-hybridized carbons (Fsp3) is 0.167. The maximum atomic E-state index is 10.2. The highest BCUT2D eigenvalue weighted by atomic mass is 79.9. The van der Waals surface area contributed by atoms with Crippen molar-refractivity contribution in [3.05, 3.63) is 28.1 Å². The van der Waals surface area contributed by atoms with Gasteiger partial charge in [-0.05, 0) is 0 Å². The fourth-order valence-corrected chi connectivity index (χ4v) is 1.11. The third kappa shape index (κ3) is 1.70. The maximum absolute atomic E-state index is 10.2. The molecule has 5 nitrogen and oxygen atoms in total. The summed E-state index contributed by atoms with van der Waals surface area (Å²) >= 11 is 3.08. The van der Waals surface area contributed by atoms with Crippen LogP contribution in [-0.2, 0) is 5.33 Å². The number of alkyl halides is 1. The zero-order chi connectivity index (χ0) is 9.14. The summed E-state index contributed by atoms with van der Waals surface area (Å²) in [6.45, 7) is 0. The zero-order valence-corrected chi connectivity index (χ0v) is 7.48. The minimum absolute atomic E-state index is 0.166. The van der Waals surface area contributed by atoms with Crippen LogP contribution in [0.2, 0.25) is 0 Å². The topological polar surface area (TPSA) is 76.3 Å². The number of aromatic hydroxyl groups is 1. The van der Waals surface area contributed by atoms with Crippen LogP contribution >= 0.6 is 15.9 Å². The highest BCUT2D eigenvalue weighted by Gasteiger charge is 2.09. The molecule has 0 atom stereocenters. The molecule has 0 saturated heterocycles. The van der Waals surface area contributed by atoms with Gasteiger partial charge < -0.3 is 5.11 Å². The van der Waals surface area contributed by atoms with Crippen LogP contribution < -0.4 is 0 Å². The lowest BCUT2D eigenvalue weighted by atomic mass is 10.3. The Hall–Kier alpha value is -1.17. The lowest BCUT2D eigenvalue weighted by molar-refractivity contribution is -0.385. The number of nitrogens with zero attached hydrogens (tertiary/aromatic N) is 2. The van der Waals surface area contributed by atoms with Crippen LogP contribution in [0.1, 0.15) is 5.69 Å². The van der Waals surface area contributed by atoms with Crippen molar-refractivity contribution < 1.29 is 10.0 Å². The smallest absolute Gasteiger partial charge is 0.291 e. The number of rotatable bonds is 2. The average Bonchev–Trinajstić information content (AvgIpc) is 2.04. The van der Waals surface area contributed by atoms with Crippen molar-refractivity contribution in [1.82, 2.24) is 4.98 Å². The van der Waals surface area contributed by atoms with Gasteiger partial charge in [0.05, 0.1) is 16.7 Å². The van der Waals surface area contributed by atoms with E-state index in [1.165, 1.54) is 0 Å². The van der Waals surface area contributed by atoms with Gasteiger partial charge in [-0.2, -0.15) is 0 Å². The first-order chi connectivity index (χ1) is 5.65. The summed E-state index contributed by atoms with van der Waals surface area (Å²) in [4.78, 5) is 13.3. The standard InChI is InChI=1S/C6H5BrN2O3/c7-2-5-6(10)1-4(3-8-5)9(11)12/h1,3,10H,2H2. The van der Waals surface area contributed by atoms with E-state index in [2.05, 4.69) is 20.9 Å². The molecule has 0 aliphatic rings. The van der Waals surface area contributed by atoms with Crippen LogP contribution in [0, 0.1) is 10.1 Å². The Kier molecular flexibility index (Phi) is 2.59. The highest BCUT2D eigenvalue weighted by molar-refractivity contribution is 9.08. The number of pyridine rings is 1. The van der Waals surface area contributed by atoms with Crippen molar-refractivity contribution in [2.75, 3.05) is 0 Å². The van der Waals surface area contributed by atoms with Crippen LogP contribution in [0.4, 0.5) is 5.69 Å². The summed E-state index contributed by atoms with van der Waals surface area (Å²) in [6, 6.07) is 1.07. The summed E-state index contributed by atoms with van der Waals surface area (Å²) < 4.78 is 0. The Bertz CT molecular complexity index is 316. The summed E-state index contributed by atoms with van der Waals surface area (Å²) in [5, 5.41) is 19.7. The predicted molar refractivity (Wildman–Crippen MR) is 45.2 cm³/mol. The first-order valence-electron chi connectivity index (χ1n) is 3.03. The molecule has 0 aromatic carbocycles. The Morgan fingerprint density at radius 2 is 2.42 bits per heavy atom. The molecule has 0 amide bonds. The summed E-state index contributed by atoms with van der Waals surface area (Å²) in [6.07, 6.45) is 1.11. The minimum Gasteiger partial charge on any atom is -0.506 e. The van der Waals surface area contributed by atoms with Gasteiger partial charge >= 0.3 is 0 Å². The SMILES string of the molecule is O=[N+]([O-])c1cnc(CBr)c(O)c1. The number of hydrogen-bond donors (Lipinski definition) is 1. The van der Waals surface area contributed by atoms with Gasteiger partial charge in [-0.1, -0.05) is 15.9 Å². The molecule has 6 heteroatoms. The molecule has 0 radical (unpaired) electrons. The first-order valence-corrected chi connectivity index (χ1v) is 4.15. The van der Waals surface area contributed by atoms with Crippen molar-refractivity contribution in [2.45, 2.75) is 5.33 Å². The average molecular weight is 233 g/mol. The minimum atomic E-state index is -0.606. The second-order valence-electron chi connectivity index (χ2n) is 2.05. The van der Waals surface area contributed by atoms with E-state index in [0.29, 0.717) is 11.0 Å². The van der Waals surface area contributed by atoms with Crippen LogP contribution in [0.25, 0.3) is 0 Å². The lowest BCUT2D eigenvalue weighted by Crippen LogP contribution is -1.91. The highest BCUT2D eigenvalue weighted by Crippen LogP contribution is 2.22. The second kappa shape index (κ2) is 3.48. The van der Waals surface area contributed by atoms with Crippen LogP contribution in [-0.4, -0.2) is 15.0 Å².